The number of halogens is 4. The van der Waals surface area contributed by atoms with Gasteiger partial charge in [0, 0.05) is 6.92 Å². The van der Waals surface area contributed by atoms with Gasteiger partial charge in [-0.15, -0.1) is 0 Å². The minimum Gasteiger partial charge on any atom is -0.493 e. The van der Waals surface area contributed by atoms with Gasteiger partial charge < -0.3 is 9.47 Å². The Balaban J connectivity index is 1.52. The van der Waals surface area contributed by atoms with E-state index in [1.165, 1.54) is 50.7 Å². The highest BCUT2D eigenvalue weighted by Gasteiger charge is 2.39. The van der Waals surface area contributed by atoms with E-state index in [2.05, 4.69) is 6.92 Å². The second-order valence-electron chi connectivity index (χ2n) is 9.45. The summed E-state index contributed by atoms with van der Waals surface area (Å²) in [7, 11) is 0. The van der Waals surface area contributed by atoms with E-state index in [1.807, 2.05) is 0 Å². The van der Waals surface area contributed by atoms with Crippen LogP contribution in [-0.4, -0.2) is 13.0 Å². The molecular formula is C25H36F4O2. The monoisotopic (exact) mass is 444 g/mol. The molecule has 0 N–H and O–H groups in total. The van der Waals surface area contributed by atoms with Crippen molar-refractivity contribution < 1.29 is 27.0 Å². The lowest BCUT2D eigenvalue weighted by Gasteiger charge is -2.38. The number of alkyl halides is 4. The molecule has 1 aromatic carbocycles. The predicted molar refractivity (Wildman–Crippen MR) is 114 cm³/mol. The molecule has 1 atom stereocenters. The van der Waals surface area contributed by atoms with Crippen molar-refractivity contribution in [2.24, 2.45) is 23.7 Å². The SMILES string of the molecule is CCCC1CCC(C2CCC(COc3cccc(OC(C)F)c3C(F)(F)F)CC2)CC1. The summed E-state index contributed by atoms with van der Waals surface area (Å²) in [6, 6.07) is 3.83. The number of benzene rings is 1. The first-order valence-corrected chi connectivity index (χ1v) is 11.9. The maximum atomic E-state index is 13.6. The van der Waals surface area contributed by atoms with Gasteiger partial charge >= 0.3 is 6.18 Å². The van der Waals surface area contributed by atoms with Gasteiger partial charge in [0.2, 0.25) is 6.36 Å². The molecule has 1 unspecified atom stereocenters. The molecule has 2 saturated carbocycles. The quantitative estimate of drug-likeness (QED) is 0.376. The van der Waals surface area contributed by atoms with Crippen molar-refractivity contribution in [3.63, 3.8) is 0 Å². The Hall–Kier alpha value is -1.46. The summed E-state index contributed by atoms with van der Waals surface area (Å²) < 4.78 is 64.3. The van der Waals surface area contributed by atoms with Crippen LogP contribution in [0.25, 0.3) is 0 Å². The minimum absolute atomic E-state index is 0.258. The van der Waals surface area contributed by atoms with Gasteiger partial charge in [0.1, 0.15) is 17.1 Å². The van der Waals surface area contributed by atoms with E-state index in [4.69, 9.17) is 9.47 Å². The zero-order chi connectivity index (χ0) is 22.4. The van der Waals surface area contributed by atoms with Crippen molar-refractivity contribution >= 4 is 0 Å². The van der Waals surface area contributed by atoms with Crippen LogP contribution in [0.5, 0.6) is 11.5 Å². The second kappa shape index (κ2) is 10.9. The van der Waals surface area contributed by atoms with E-state index in [9.17, 15) is 17.6 Å². The first-order chi connectivity index (χ1) is 14.8. The number of hydrogen-bond acceptors (Lipinski definition) is 2. The van der Waals surface area contributed by atoms with E-state index in [-0.39, 0.29) is 18.3 Å². The van der Waals surface area contributed by atoms with Gasteiger partial charge in [0.05, 0.1) is 6.61 Å². The highest BCUT2D eigenvalue weighted by Crippen LogP contribution is 2.45. The van der Waals surface area contributed by atoms with E-state index in [0.717, 1.165) is 56.4 Å². The summed E-state index contributed by atoms with van der Waals surface area (Å²) in [6.45, 7) is 3.58. The van der Waals surface area contributed by atoms with Crippen LogP contribution in [0.3, 0.4) is 0 Å². The lowest BCUT2D eigenvalue weighted by molar-refractivity contribution is -0.141. The standard InChI is InChI=1S/C25H36F4O2/c1-3-5-18-8-12-20(13-9-18)21-14-10-19(11-15-21)16-30-22-6-4-7-23(31-17(2)26)24(22)25(27,28)29/h4,6-7,17-21H,3,5,8-16H2,1-2H3. The number of rotatable bonds is 8. The molecule has 6 heteroatoms. The van der Waals surface area contributed by atoms with Crippen molar-refractivity contribution in [2.45, 2.75) is 90.6 Å². The van der Waals surface area contributed by atoms with Crippen LogP contribution in [0.4, 0.5) is 17.6 Å². The maximum absolute atomic E-state index is 13.6. The van der Waals surface area contributed by atoms with Crippen LogP contribution in [0.15, 0.2) is 18.2 Å². The van der Waals surface area contributed by atoms with Crippen molar-refractivity contribution in [3.05, 3.63) is 23.8 Å². The summed E-state index contributed by atoms with van der Waals surface area (Å²) in [5, 5.41) is 0. The summed E-state index contributed by atoms with van der Waals surface area (Å²) in [5.41, 5.74) is -1.03. The van der Waals surface area contributed by atoms with Crippen molar-refractivity contribution in [3.8, 4) is 11.5 Å². The Labute approximate surface area is 183 Å². The zero-order valence-corrected chi connectivity index (χ0v) is 18.7. The Kier molecular flexibility index (Phi) is 8.51. The molecular weight excluding hydrogens is 408 g/mol. The van der Waals surface area contributed by atoms with Crippen LogP contribution in [-0.2, 0) is 6.18 Å². The molecule has 0 radical (unpaired) electrons. The lowest BCUT2D eigenvalue weighted by atomic mass is 9.69. The van der Waals surface area contributed by atoms with Crippen LogP contribution in [0.1, 0.15) is 83.6 Å². The normalized spacial score (nSPS) is 28.2. The first-order valence-electron chi connectivity index (χ1n) is 11.9. The van der Waals surface area contributed by atoms with Gasteiger partial charge in [-0.1, -0.05) is 38.7 Å². The van der Waals surface area contributed by atoms with E-state index in [0.29, 0.717) is 0 Å². The van der Waals surface area contributed by atoms with Gasteiger partial charge in [0.15, 0.2) is 0 Å². The molecule has 0 bridgehead atoms. The number of ether oxygens (including phenoxy) is 2. The molecule has 0 spiro atoms. The van der Waals surface area contributed by atoms with Gasteiger partial charge in [0.25, 0.3) is 0 Å². The van der Waals surface area contributed by atoms with Crippen LogP contribution in [0, 0.1) is 23.7 Å². The molecule has 2 fully saturated rings. The third-order valence-corrected chi connectivity index (χ3v) is 7.18. The van der Waals surface area contributed by atoms with E-state index in [1.54, 1.807) is 0 Å². The largest absolute Gasteiger partial charge is 0.493 e. The Morgan fingerprint density at radius 3 is 1.97 bits per heavy atom. The summed E-state index contributed by atoms with van der Waals surface area (Å²) in [6.07, 6.45) is 5.81. The molecule has 2 aliphatic rings. The Morgan fingerprint density at radius 2 is 1.45 bits per heavy atom. The predicted octanol–water partition coefficient (Wildman–Crippen LogP) is 8.19. The lowest BCUT2D eigenvalue weighted by Crippen LogP contribution is -2.27. The number of hydrogen-bond donors (Lipinski definition) is 0. The fourth-order valence-electron chi connectivity index (χ4n) is 5.57. The highest BCUT2D eigenvalue weighted by atomic mass is 19.4. The fraction of sp³-hybridized carbons (Fsp3) is 0.760. The van der Waals surface area contributed by atoms with Crippen LogP contribution >= 0.6 is 0 Å². The van der Waals surface area contributed by atoms with Crippen LogP contribution < -0.4 is 9.47 Å². The summed E-state index contributed by atoms with van der Waals surface area (Å²) in [4.78, 5) is 0. The van der Waals surface area contributed by atoms with Gasteiger partial charge in [-0.05, 0) is 74.3 Å². The molecule has 0 aromatic heterocycles. The zero-order valence-electron chi connectivity index (χ0n) is 18.7. The maximum Gasteiger partial charge on any atom is 0.423 e. The average Bonchev–Trinajstić information content (AvgIpc) is 2.72. The van der Waals surface area contributed by atoms with Crippen molar-refractivity contribution in [2.75, 3.05) is 6.61 Å². The fourth-order valence-corrected chi connectivity index (χ4v) is 5.57. The molecule has 2 nitrogen and oxygen atoms in total. The van der Waals surface area contributed by atoms with Gasteiger partial charge in [-0.3, -0.25) is 0 Å². The molecule has 31 heavy (non-hydrogen) atoms. The average molecular weight is 445 g/mol. The van der Waals surface area contributed by atoms with Gasteiger partial charge in [-0.2, -0.15) is 13.2 Å². The summed E-state index contributed by atoms with van der Waals surface area (Å²) >= 11 is 0. The second-order valence-corrected chi connectivity index (χ2v) is 9.45. The third-order valence-electron chi connectivity index (χ3n) is 7.18. The van der Waals surface area contributed by atoms with Gasteiger partial charge in [-0.25, -0.2) is 4.39 Å². The van der Waals surface area contributed by atoms with Crippen LogP contribution in [0.2, 0.25) is 0 Å². The molecule has 0 saturated heterocycles. The van der Waals surface area contributed by atoms with E-state index < -0.39 is 23.8 Å². The van der Waals surface area contributed by atoms with Crippen molar-refractivity contribution in [1.82, 2.24) is 0 Å². The topological polar surface area (TPSA) is 18.5 Å². The molecule has 0 amide bonds. The molecule has 176 valence electrons. The first kappa shape index (κ1) is 24.2. The summed E-state index contributed by atoms with van der Waals surface area (Å²) in [5.74, 6) is 1.95. The molecule has 0 heterocycles. The molecule has 1 aromatic rings. The third kappa shape index (κ3) is 6.76. The Bertz CT molecular complexity index is 673. The smallest absolute Gasteiger partial charge is 0.423 e. The Morgan fingerprint density at radius 1 is 0.903 bits per heavy atom. The molecule has 0 aliphatic heterocycles. The highest BCUT2D eigenvalue weighted by molar-refractivity contribution is 5.46. The molecule has 3 rings (SSSR count). The van der Waals surface area contributed by atoms with Crippen molar-refractivity contribution in [1.29, 1.82) is 0 Å². The molecule has 2 aliphatic carbocycles. The van der Waals surface area contributed by atoms with E-state index >= 15 is 0 Å². The minimum atomic E-state index is -4.67.